The van der Waals surface area contributed by atoms with Gasteiger partial charge in [0.05, 0.1) is 4.90 Å². The molecule has 2 aromatic rings. The molecule has 1 atom stereocenters. The zero-order valence-electron chi connectivity index (χ0n) is 16.3. The van der Waals surface area contributed by atoms with Gasteiger partial charge in [-0.1, -0.05) is 30.3 Å². The van der Waals surface area contributed by atoms with Crippen LogP contribution >= 0.6 is 0 Å². The Morgan fingerprint density at radius 1 is 1.10 bits per heavy atom. The molecule has 0 radical (unpaired) electrons. The Hall–Kier alpha value is -2.46. The SMILES string of the molecule is CC(C)(CNS(=O)(=O)c1ccccc1)NCC(O)COc1ccccc1C(=O)O. The third-order valence-electron chi connectivity index (χ3n) is 4.12. The number of β-amino-alcohol motifs (C(OH)–C–C–N with tert-alkyl or cyclic N) is 1. The summed E-state index contributed by atoms with van der Waals surface area (Å²) >= 11 is 0. The van der Waals surface area contributed by atoms with Crippen LogP contribution in [0.2, 0.25) is 0 Å². The molecule has 0 spiro atoms. The van der Waals surface area contributed by atoms with E-state index in [9.17, 15) is 18.3 Å². The Balaban J connectivity index is 1.83. The predicted octanol–water partition coefficient (Wildman–Crippen LogP) is 1.47. The molecule has 29 heavy (non-hydrogen) atoms. The molecule has 4 N–H and O–H groups in total. The molecule has 0 aliphatic carbocycles. The lowest BCUT2D eigenvalue weighted by Crippen LogP contribution is -2.51. The average Bonchev–Trinajstić information content (AvgIpc) is 2.70. The largest absolute Gasteiger partial charge is 0.490 e. The van der Waals surface area contributed by atoms with Crippen molar-refractivity contribution in [3.63, 3.8) is 0 Å². The normalized spacial score (nSPS) is 13.1. The Morgan fingerprint density at radius 2 is 1.72 bits per heavy atom. The number of aliphatic hydroxyl groups excluding tert-OH is 1. The molecule has 8 nitrogen and oxygen atoms in total. The van der Waals surface area contributed by atoms with E-state index in [1.165, 1.54) is 24.3 Å². The number of carboxylic acids is 1. The number of aromatic carboxylic acids is 1. The van der Waals surface area contributed by atoms with E-state index in [1.807, 2.05) is 0 Å². The minimum Gasteiger partial charge on any atom is -0.490 e. The van der Waals surface area contributed by atoms with E-state index in [0.29, 0.717) is 0 Å². The van der Waals surface area contributed by atoms with Gasteiger partial charge in [0, 0.05) is 18.6 Å². The molecule has 2 rings (SSSR count). The standard InChI is InChI=1S/C20H26N2O6S/c1-20(2,14-22-29(26,27)16-8-4-3-5-9-16)21-12-15(23)13-28-18-11-7-6-10-17(18)19(24)25/h3-11,15,21-23H,12-14H2,1-2H3,(H,24,25). The van der Waals surface area contributed by atoms with Crippen molar-refractivity contribution < 1.29 is 28.2 Å². The van der Waals surface area contributed by atoms with E-state index in [2.05, 4.69) is 10.0 Å². The van der Waals surface area contributed by atoms with E-state index < -0.39 is 27.6 Å². The van der Waals surface area contributed by atoms with Gasteiger partial charge >= 0.3 is 5.97 Å². The fourth-order valence-corrected chi connectivity index (χ4v) is 3.66. The molecule has 0 aliphatic heterocycles. The first kappa shape index (κ1) is 22.8. The summed E-state index contributed by atoms with van der Waals surface area (Å²) in [5.41, 5.74) is -0.620. The molecule has 0 aliphatic rings. The molecule has 1 unspecified atom stereocenters. The number of hydrogen-bond donors (Lipinski definition) is 4. The molecule has 0 heterocycles. The van der Waals surface area contributed by atoms with Gasteiger partial charge in [0.25, 0.3) is 0 Å². The number of nitrogens with one attached hydrogen (secondary N) is 2. The van der Waals surface area contributed by atoms with E-state index in [1.54, 1.807) is 44.2 Å². The summed E-state index contributed by atoms with van der Waals surface area (Å²) in [6.45, 7) is 3.74. The highest BCUT2D eigenvalue weighted by Gasteiger charge is 2.23. The lowest BCUT2D eigenvalue weighted by molar-refractivity contribution is 0.0681. The van der Waals surface area contributed by atoms with Gasteiger partial charge in [0.1, 0.15) is 24.0 Å². The van der Waals surface area contributed by atoms with Crippen LogP contribution in [-0.4, -0.2) is 55.9 Å². The fraction of sp³-hybridized carbons (Fsp3) is 0.350. The first-order valence-corrected chi connectivity index (χ1v) is 10.5. The van der Waals surface area contributed by atoms with Gasteiger partial charge in [-0.3, -0.25) is 0 Å². The molecule has 0 amide bonds. The van der Waals surface area contributed by atoms with Crippen molar-refractivity contribution in [1.29, 1.82) is 0 Å². The summed E-state index contributed by atoms with van der Waals surface area (Å²) in [4.78, 5) is 11.3. The number of rotatable bonds is 11. The van der Waals surface area contributed by atoms with Crippen LogP contribution in [0.1, 0.15) is 24.2 Å². The second-order valence-corrected chi connectivity index (χ2v) is 8.94. The number of benzene rings is 2. The molecule has 0 bridgehead atoms. The number of sulfonamides is 1. The molecule has 2 aromatic carbocycles. The topological polar surface area (TPSA) is 125 Å². The Labute approximate surface area is 170 Å². The monoisotopic (exact) mass is 422 g/mol. The maximum atomic E-state index is 12.3. The third-order valence-corrected chi connectivity index (χ3v) is 5.54. The molecule has 9 heteroatoms. The molecule has 158 valence electrons. The number of ether oxygens (including phenoxy) is 1. The average molecular weight is 423 g/mol. The van der Waals surface area contributed by atoms with E-state index in [-0.39, 0.29) is 35.9 Å². The first-order chi connectivity index (χ1) is 13.6. The molecule has 0 saturated heterocycles. The van der Waals surface area contributed by atoms with Crippen LogP contribution in [-0.2, 0) is 10.0 Å². The van der Waals surface area contributed by atoms with Gasteiger partial charge in [-0.15, -0.1) is 0 Å². The van der Waals surface area contributed by atoms with Crippen LogP contribution in [0.3, 0.4) is 0 Å². The van der Waals surface area contributed by atoms with Crippen molar-refractivity contribution in [3.05, 3.63) is 60.2 Å². The summed E-state index contributed by atoms with van der Waals surface area (Å²) in [6, 6.07) is 14.2. The van der Waals surface area contributed by atoms with Crippen LogP contribution in [0.15, 0.2) is 59.5 Å². The van der Waals surface area contributed by atoms with E-state index >= 15 is 0 Å². The van der Waals surface area contributed by atoms with Gasteiger partial charge in [0.15, 0.2) is 0 Å². The van der Waals surface area contributed by atoms with E-state index in [4.69, 9.17) is 9.84 Å². The second-order valence-electron chi connectivity index (χ2n) is 7.17. The van der Waals surface area contributed by atoms with Crippen molar-refractivity contribution >= 4 is 16.0 Å². The number of hydrogen-bond acceptors (Lipinski definition) is 6. The third kappa shape index (κ3) is 7.13. The number of carbonyl (C=O) groups is 1. The fourth-order valence-electron chi connectivity index (χ4n) is 2.43. The summed E-state index contributed by atoms with van der Waals surface area (Å²) in [6.07, 6.45) is -0.915. The maximum Gasteiger partial charge on any atom is 0.339 e. The van der Waals surface area contributed by atoms with Gasteiger partial charge in [-0.05, 0) is 38.1 Å². The van der Waals surface area contributed by atoms with Gasteiger partial charge < -0.3 is 20.3 Å². The molecular weight excluding hydrogens is 396 g/mol. The Kier molecular flexibility index (Phi) is 7.74. The molecular formula is C20H26N2O6S. The Bertz CT molecular complexity index is 916. The highest BCUT2D eigenvalue weighted by Crippen LogP contribution is 2.18. The van der Waals surface area contributed by atoms with Gasteiger partial charge in [-0.2, -0.15) is 0 Å². The van der Waals surface area contributed by atoms with Crippen molar-refractivity contribution in [3.8, 4) is 5.75 Å². The van der Waals surface area contributed by atoms with Crippen LogP contribution in [0.5, 0.6) is 5.75 Å². The molecule has 0 fully saturated rings. The predicted molar refractivity (Wildman–Crippen MR) is 109 cm³/mol. The summed E-state index contributed by atoms with van der Waals surface area (Å²) in [7, 11) is -3.62. The highest BCUT2D eigenvalue weighted by molar-refractivity contribution is 7.89. The lowest BCUT2D eigenvalue weighted by atomic mass is 10.1. The smallest absolute Gasteiger partial charge is 0.339 e. The number of aliphatic hydroxyl groups is 1. The minimum atomic E-state index is -3.62. The van der Waals surface area contributed by atoms with Crippen molar-refractivity contribution in [1.82, 2.24) is 10.0 Å². The van der Waals surface area contributed by atoms with Crippen molar-refractivity contribution in [2.45, 2.75) is 30.4 Å². The Morgan fingerprint density at radius 3 is 2.38 bits per heavy atom. The van der Waals surface area contributed by atoms with Gasteiger partial charge in [0.2, 0.25) is 10.0 Å². The van der Waals surface area contributed by atoms with Crippen molar-refractivity contribution in [2.24, 2.45) is 0 Å². The highest BCUT2D eigenvalue weighted by atomic mass is 32.2. The van der Waals surface area contributed by atoms with Crippen LogP contribution in [0, 0.1) is 0 Å². The summed E-state index contributed by atoms with van der Waals surface area (Å²) < 4.78 is 32.6. The van der Waals surface area contributed by atoms with Crippen LogP contribution in [0.25, 0.3) is 0 Å². The quantitative estimate of drug-likeness (QED) is 0.432. The van der Waals surface area contributed by atoms with E-state index in [0.717, 1.165) is 0 Å². The molecule has 0 aromatic heterocycles. The maximum absolute atomic E-state index is 12.3. The minimum absolute atomic E-state index is 0.0170. The lowest BCUT2D eigenvalue weighted by Gasteiger charge is -2.28. The molecule has 0 saturated carbocycles. The zero-order chi connectivity index (χ0) is 21.5. The zero-order valence-corrected chi connectivity index (χ0v) is 17.1. The van der Waals surface area contributed by atoms with Crippen LogP contribution < -0.4 is 14.8 Å². The van der Waals surface area contributed by atoms with Crippen LogP contribution in [0.4, 0.5) is 0 Å². The number of para-hydroxylation sites is 1. The summed E-state index contributed by atoms with van der Waals surface area (Å²) in [5, 5.41) is 22.4. The van der Waals surface area contributed by atoms with Gasteiger partial charge in [-0.25, -0.2) is 17.9 Å². The van der Waals surface area contributed by atoms with Crippen molar-refractivity contribution in [2.75, 3.05) is 19.7 Å². The number of carboxylic acid groups (broad SMARTS) is 1. The first-order valence-electron chi connectivity index (χ1n) is 9.04. The summed E-state index contributed by atoms with van der Waals surface area (Å²) in [5.74, 6) is -0.936. The second kappa shape index (κ2) is 9.84.